The van der Waals surface area contributed by atoms with Crippen molar-refractivity contribution in [3.8, 4) is 5.75 Å². The zero-order valence-corrected chi connectivity index (χ0v) is 10.9. The van der Waals surface area contributed by atoms with Crippen molar-refractivity contribution in [2.75, 3.05) is 0 Å². The van der Waals surface area contributed by atoms with Crippen molar-refractivity contribution in [2.45, 2.75) is 57.7 Å². The molecule has 0 heterocycles. The third kappa shape index (κ3) is 2.81. The molecule has 94 valence electrons. The van der Waals surface area contributed by atoms with Gasteiger partial charge in [0.25, 0.3) is 0 Å². The quantitative estimate of drug-likeness (QED) is 0.851. The minimum absolute atomic E-state index is 0.0292. The molecule has 2 heteroatoms. The predicted octanol–water partition coefficient (Wildman–Crippen LogP) is 3.28. The van der Waals surface area contributed by atoms with Crippen molar-refractivity contribution in [1.82, 2.24) is 0 Å². The van der Waals surface area contributed by atoms with E-state index in [9.17, 15) is 5.11 Å². The molecule has 1 aromatic rings. The van der Waals surface area contributed by atoms with E-state index in [1.54, 1.807) is 0 Å². The lowest BCUT2D eigenvalue weighted by molar-refractivity contribution is 0.0592. The zero-order chi connectivity index (χ0) is 12.5. The summed E-state index contributed by atoms with van der Waals surface area (Å²) in [7, 11) is 0. The average Bonchev–Trinajstić information content (AvgIpc) is 2.64. The number of benzene rings is 1. The Hall–Kier alpha value is -1.02. The van der Waals surface area contributed by atoms with Crippen LogP contribution in [0.4, 0.5) is 0 Å². The van der Waals surface area contributed by atoms with Crippen molar-refractivity contribution in [3.05, 3.63) is 29.8 Å². The van der Waals surface area contributed by atoms with Gasteiger partial charge in [0.05, 0.1) is 6.10 Å². The average molecular weight is 234 g/mol. The topological polar surface area (TPSA) is 29.5 Å². The molecular formula is C15H22O2. The van der Waals surface area contributed by atoms with Crippen LogP contribution >= 0.6 is 0 Å². The molecule has 0 spiro atoms. The van der Waals surface area contributed by atoms with Gasteiger partial charge in [0.1, 0.15) is 11.9 Å². The van der Waals surface area contributed by atoms with Crippen LogP contribution in [0.25, 0.3) is 0 Å². The molecule has 0 unspecified atom stereocenters. The molecule has 2 atom stereocenters. The first-order valence-electron chi connectivity index (χ1n) is 6.43. The lowest BCUT2D eigenvalue weighted by Gasteiger charge is -2.25. The van der Waals surface area contributed by atoms with Gasteiger partial charge in [-0.3, -0.25) is 0 Å². The smallest absolute Gasteiger partial charge is 0.124 e. The van der Waals surface area contributed by atoms with E-state index in [1.165, 1.54) is 5.56 Å². The van der Waals surface area contributed by atoms with E-state index in [-0.39, 0.29) is 17.6 Å². The SMILES string of the molecule is CC(C)(C)c1ccccc1O[C@H]1CCC[C@@H]1O. The van der Waals surface area contributed by atoms with Gasteiger partial charge in [0.15, 0.2) is 0 Å². The molecule has 1 N–H and O–H groups in total. The van der Waals surface area contributed by atoms with E-state index in [0.717, 1.165) is 25.0 Å². The number of hydrogen-bond acceptors (Lipinski definition) is 2. The van der Waals surface area contributed by atoms with Gasteiger partial charge in [-0.15, -0.1) is 0 Å². The van der Waals surface area contributed by atoms with Gasteiger partial charge in [0.2, 0.25) is 0 Å². The summed E-state index contributed by atoms with van der Waals surface area (Å²) in [4.78, 5) is 0. The maximum atomic E-state index is 9.82. The van der Waals surface area contributed by atoms with Crippen LogP contribution in [0, 0.1) is 0 Å². The van der Waals surface area contributed by atoms with Gasteiger partial charge in [-0.2, -0.15) is 0 Å². The molecule has 0 amide bonds. The van der Waals surface area contributed by atoms with Crippen molar-refractivity contribution in [3.63, 3.8) is 0 Å². The third-order valence-electron chi connectivity index (χ3n) is 3.39. The Morgan fingerprint density at radius 1 is 1.18 bits per heavy atom. The highest BCUT2D eigenvalue weighted by Gasteiger charge is 2.28. The highest BCUT2D eigenvalue weighted by atomic mass is 16.5. The summed E-state index contributed by atoms with van der Waals surface area (Å²) in [5.41, 5.74) is 1.28. The Kier molecular flexibility index (Phi) is 3.43. The van der Waals surface area contributed by atoms with Gasteiger partial charge in [0, 0.05) is 0 Å². The minimum Gasteiger partial charge on any atom is -0.487 e. The van der Waals surface area contributed by atoms with Crippen LogP contribution in [0.15, 0.2) is 24.3 Å². The second kappa shape index (κ2) is 4.69. The molecule has 2 rings (SSSR count). The molecule has 0 aromatic heterocycles. The maximum absolute atomic E-state index is 9.82. The Morgan fingerprint density at radius 2 is 1.88 bits per heavy atom. The third-order valence-corrected chi connectivity index (χ3v) is 3.39. The van der Waals surface area contributed by atoms with E-state index in [1.807, 2.05) is 18.2 Å². The summed E-state index contributed by atoms with van der Waals surface area (Å²) in [5.74, 6) is 0.922. The number of para-hydroxylation sites is 1. The van der Waals surface area contributed by atoms with Crippen molar-refractivity contribution in [2.24, 2.45) is 0 Å². The van der Waals surface area contributed by atoms with Crippen LogP contribution in [-0.4, -0.2) is 17.3 Å². The standard InChI is InChI=1S/C15H22O2/c1-15(2,3)11-7-4-5-9-13(11)17-14-10-6-8-12(14)16/h4-5,7,9,12,14,16H,6,8,10H2,1-3H3/t12-,14-/m0/s1. The molecule has 0 saturated heterocycles. The molecular weight excluding hydrogens is 212 g/mol. The number of hydrogen-bond donors (Lipinski definition) is 1. The van der Waals surface area contributed by atoms with E-state index in [4.69, 9.17) is 4.74 Å². The van der Waals surface area contributed by atoms with E-state index < -0.39 is 0 Å². The van der Waals surface area contributed by atoms with Gasteiger partial charge in [-0.1, -0.05) is 39.0 Å². The molecule has 1 aromatic carbocycles. The van der Waals surface area contributed by atoms with Gasteiger partial charge < -0.3 is 9.84 Å². The van der Waals surface area contributed by atoms with Crippen LogP contribution in [0.3, 0.4) is 0 Å². The highest BCUT2D eigenvalue weighted by Crippen LogP contribution is 2.33. The molecule has 1 saturated carbocycles. The molecule has 1 aliphatic rings. The fraction of sp³-hybridized carbons (Fsp3) is 0.600. The summed E-state index contributed by atoms with van der Waals surface area (Å²) < 4.78 is 6.00. The fourth-order valence-electron chi connectivity index (χ4n) is 2.40. The van der Waals surface area contributed by atoms with Gasteiger partial charge in [-0.25, -0.2) is 0 Å². The number of aliphatic hydroxyl groups is 1. The summed E-state index contributed by atoms with van der Waals surface area (Å²) in [5, 5.41) is 9.82. The number of rotatable bonds is 2. The first-order chi connectivity index (χ1) is 7.98. The summed E-state index contributed by atoms with van der Waals surface area (Å²) in [6, 6.07) is 8.15. The molecule has 0 aliphatic heterocycles. The second-order valence-electron chi connectivity index (χ2n) is 5.90. The lowest BCUT2D eigenvalue weighted by Crippen LogP contribution is -2.27. The van der Waals surface area contributed by atoms with Crippen LogP contribution in [0.5, 0.6) is 5.75 Å². The molecule has 2 nitrogen and oxygen atoms in total. The summed E-state index contributed by atoms with van der Waals surface area (Å²) in [6.07, 6.45) is 2.55. The maximum Gasteiger partial charge on any atom is 0.124 e. The van der Waals surface area contributed by atoms with Crippen LogP contribution < -0.4 is 4.74 Å². The largest absolute Gasteiger partial charge is 0.487 e. The van der Waals surface area contributed by atoms with Crippen molar-refractivity contribution in [1.29, 1.82) is 0 Å². The van der Waals surface area contributed by atoms with E-state index >= 15 is 0 Å². The Balaban J connectivity index is 2.21. The summed E-state index contributed by atoms with van der Waals surface area (Å²) in [6.45, 7) is 6.54. The zero-order valence-electron chi connectivity index (χ0n) is 10.9. The molecule has 1 aliphatic carbocycles. The fourth-order valence-corrected chi connectivity index (χ4v) is 2.40. The predicted molar refractivity (Wildman–Crippen MR) is 69.4 cm³/mol. The lowest BCUT2D eigenvalue weighted by atomic mass is 9.86. The molecule has 17 heavy (non-hydrogen) atoms. The molecule has 0 radical (unpaired) electrons. The van der Waals surface area contributed by atoms with E-state index in [2.05, 4.69) is 26.8 Å². The van der Waals surface area contributed by atoms with Crippen LogP contribution in [0.1, 0.15) is 45.6 Å². The van der Waals surface area contributed by atoms with E-state index in [0.29, 0.717) is 0 Å². The van der Waals surface area contributed by atoms with Crippen LogP contribution in [-0.2, 0) is 5.41 Å². The monoisotopic (exact) mass is 234 g/mol. The Morgan fingerprint density at radius 3 is 2.47 bits per heavy atom. The number of ether oxygens (including phenoxy) is 1. The highest BCUT2D eigenvalue weighted by molar-refractivity contribution is 5.38. The minimum atomic E-state index is -0.303. The van der Waals surface area contributed by atoms with Gasteiger partial charge >= 0.3 is 0 Å². The van der Waals surface area contributed by atoms with Crippen LogP contribution in [0.2, 0.25) is 0 Å². The first-order valence-corrected chi connectivity index (χ1v) is 6.43. The molecule has 1 fully saturated rings. The van der Waals surface area contributed by atoms with Gasteiger partial charge in [-0.05, 0) is 36.3 Å². The second-order valence-corrected chi connectivity index (χ2v) is 5.90. The normalized spacial score (nSPS) is 24.9. The molecule has 0 bridgehead atoms. The Bertz CT molecular complexity index is 379. The Labute approximate surface area is 104 Å². The number of aliphatic hydroxyl groups excluding tert-OH is 1. The van der Waals surface area contributed by atoms with Crippen molar-refractivity contribution < 1.29 is 9.84 Å². The first kappa shape index (κ1) is 12.4. The summed E-state index contributed by atoms with van der Waals surface area (Å²) >= 11 is 0. The van der Waals surface area contributed by atoms with Crippen molar-refractivity contribution >= 4 is 0 Å².